The molecular weight excluding hydrogens is 436 g/mol. The molecule has 2 aromatic carbocycles. The molecule has 4 rings (SSSR count). The lowest BCUT2D eigenvalue weighted by atomic mass is 10.1. The molecule has 0 spiro atoms. The van der Waals surface area contributed by atoms with E-state index in [0.29, 0.717) is 36.7 Å². The second kappa shape index (κ2) is 10.8. The van der Waals surface area contributed by atoms with Crippen molar-refractivity contribution >= 4 is 29.5 Å². The Labute approximate surface area is 197 Å². The number of likely N-dealkylation sites (tertiary alicyclic amines) is 1. The van der Waals surface area contributed by atoms with Crippen LogP contribution in [0.1, 0.15) is 30.4 Å². The molecule has 178 valence electrons. The number of amides is 3. The summed E-state index contributed by atoms with van der Waals surface area (Å²) in [6.07, 6.45) is 5.11. The summed E-state index contributed by atoms with van der Waals surface area (Å²) in [5.41, 5.74) is 7.97. The minimum absolute atomic E-state index is 0.0783. The number of hydrogen-bond donors (Lipinski definition) is 3. The first-order valence-electron chi connectivity index (χ1n) is 11.3. The van der Waals surface area contributed by atoms with Crippen molar-refractivity contribution in [1.82, 2.24) is 10.2 Å². The molecule has 0 aromatic heterocycles. The van der Waals surface area contributed by atoms with Crippen LogP contribution in [-0.2, 0) is 20.9 Å². The number of nitrogens with two attached hydrogens (primary N) is 1. The number of carbonyl (C=O) groups is 3. The van der Waals surface area contributed by atoms with Gasteiger partial charge >= 0.3 is 0 Å². The van der Waals surface area contributed by atoms with E-state index in [-0.39, 0.29) is 31.1 Å². The second-order valence-electron chi connectivity index (χ2n) is 8.22. The van der Waals surface area contributed by atoms with Crippen LogP contribution < -0.4 is 25.8 Å². The summed E-state index contributed by atoms with van der Waals surface area (Å²) in [6.45, 7) is 0.944. The predicted octanol–water partition coefficient (Wildman–Crippen LogP) is 2.02. The van der Waals surface area contributed by atoms with E-state index >= 15 is 0 Å². The van der Waals surface area contributed by atoms with Gasteiger partial charge in [-0.25, -0.2) is 0 Å². The van der Waals surface area contributed by atoms with E-state index in [0.717, 1.165) is 24.0 Å². The average molecular weight is 465 g/mol. The molecule has 1 atom stereocenters. The zero-order valence-corrected chi connectivity index (χ0v) is 18.8. The Morgan fingerprint density at radius 2 is 1.97 bits per heavy atom. The Kier molecular flexibility index (Phi) is 7.44. The van der Waals surface area contributed by atoms with E-state index in [1.165, 1.54) is 11.0 Å². The topological polar surface area (TPSA) is 123 Å². The van der Waals surface area contributed by atoms with Crippen LogP contribution in [0.2, 0.25) is 0 Å². The van der Waals surface area contributed by atoms with Crippen molar-refractivity contribution in [3.8, 4) is 11.5 Å². The zero-order valence-electron chi connectivity index (χ0n) is 18.8. The highest BCUT2D eigenvalue weighted by molar-refractivity contribution is 5.98. The molecule has 1 saturated heterocycles. The fourth-order valence-corrected chi connectivity index (χ4v) is 3.95. The van der Waals surface area contributed by atoms with Crippen LogP contribution in [0.4, 0.5) is 5.69 Å². The highest BCUT2D eigenvalue weighted by Gasteiger charge is 2.29. The number of ether oxygens (including phenoxy) is 2. The lowest BCUT2D eigenvalue weighted by Gasteiger charge is -2.24. The standard InChI is InChI=1S/C25H28N4O5/c26-14-18-4-3-5-19(12-18)27-24(31)15-29-11-2-1-6-20(25(29)32)28-23(30)10-8-17-7-9-21-22(13-17)34-16-33-21/h3-5,7-10,12-13,20H,1-2,6,11,14-16,26H2,(H,27,31)(H,28,30)/b10-8+. The van der Waals surface area contributed by atoms with E-state index in [9.17, 15) is 14.4 Å². The van der Waals surface area contributed by atoms with E-state index in [2.05, 4.69) is 10.6 Å². The molecule has 0 saturated carbocycles. The maximum Gasteiger partial charge on any atom is 0.245 e. The number of nitrogens with zero attached hydrogens (tertiary/aromatic N) is 1. The first-order valence-corrected chi connectivity index (χ1v) is 11.3. The summed E-state index contributed by atoms with van der Waals surface area (Å²) >= 11 is 0. The SMILES string of the molecule is NCc1cccc(NC(=O)CN2CCCCC(NC(=O)/C=C/c3ccc4c(c3)OCO4)C2=O)c1. The Bertz CT molecular complexity index is 1100. The second-order valence-corrected chi connectivity index (χ2v) is 8.22. The third-order valence-electron chi connectivity index (χ3n) is 5.70. The van der Waals surface area contributed by atoms with Crippen LogP contribution in [0.25, 0.3) is 6.08 Å². The molecule has 2 aliphatic rings. The molecule has 1 fully saturated rings. The van der Waals surface area contributed by atoms with Gasteiger partial charge in [-0.1, -0.05) is 18.2 Å². The number of nitrogens with one attached hydrogen (secondary N) is 2. The predicted molar refractivity (Wildman–Crippen MR) is 127 cm³/mol. The summed E-state index contributed by atoms with van der Waals surface area (Å²) < 4.78 is 10.6. The molecule has 9 heteroatoms. The molecule has 34 heavy (non-hydrogen) atoms. The molecule has 3 amide bonds. The maximum atomic E-state index is 13.0. The van der Waals surface area contributed by atoms with Gasteiger partial charge in [0.15, 0.2) is 11.5 Å². The molecule has 9 nitrogen and oxygen atoms in total. The molecule has 0 bridgehead atoms. The normalized spacial score (nSPS) is 17.5. The van der Waals surface area contributed by atoms with Crippen LogP contribution in [-0.4, -0.2) is 48.5 Å². The monoisotopic (exact) mass is 464 g/mol. The number of anilines is 1. The highest BCUT2D eigenvalue weighted by atomic mass is 16.7. The van der Waals surface area contributed by atoms with Crippen LogP contribution >= 0.6 is 0 Å². The number of carbonyl (C=O) groups excluding carboxylic acids is 3. The zero-order chi connectivity index (χ0) is 23.9. The fourth-order valence-electron chi connectivity index (χ4n) is 3.95. The van der Waals surface area contributed by atoms with Crippen molar-refractivity contribution in [2.24, 2.45) is 5.73 Å². The van der Waals surface area contributed by atoms with Gasteiger partial charge in [0, 0.05) is 24.9 Å². The van der Waals surface area contributed by atoms with E-state index in [1.54, 1.807) is 30.3 Å². The van der Waals surface area contributed by atoms with Gasteiger partial charge in [-0.2, -0.15) is 0 Å². The van der Waals surface area contributed by atoms with E-state index in [1.807, 2.05) is 18.2 Å². The number of rotatable bonds is 7. The number of fused-ring (bicyclic) bond motifs is 1. The van der Waals surface area contributed by atoms with Gasteiger partial charge in [0.1, 0.15) is 6.04 Å². The minimum Gasteiger partial charge on any atom is -0.454 e. The van der Waals surface area contributed by atoms with Crippen molar-refractivity contribution in [2.45, 2.75) is 31.8 Å². The summed E-state index contributed by atoms with van der Waals surface area (Å²) in [6, 6.07) is 12.0. The van der Waals surface area contributed by atoms with Crippen molar-refractivity contribution in [3.63, 3.8) is 0 Å². The van der Waals surface area contributed by atoms with Crippen LogP contribution in [0.3, 0.4) is 0 Å². The van der Waals surface area contributed by atoms with Gasteiger partial charge in [0.2, 0.25) is 24.5 Å². The Morgan fingerprint density at radius 3 is 2.82 bits per heavy atom. The van der Waals surface area contributed by atoms with Gasteiger partial charge in [-0.05, 0) is 60.7 Å². The average Bonchev–Trinajstić information content (AvgIpc) is 3.24. The number of benzene rings is 2. The molecule has 0 radical (unpaired) electrons. The smallest absolute Gasteiger partial charge is 0.245 e. The fraction of sp³-hybridized carbons (Fsp3) is 0.320. The van der Waals surface area contributed by atoms with Crippen LogP contribution in [0, 0.1) is 0 Å². The quantitative estimate of drug-likeness (QED) is 0.539. The van der Waals surface area contributed by atoms with Gasteiger partial charge < -0.3 is 30.7 Å². The first kappa shape index (κ1) is 23.3. The van der Waals surface area contributed by atoms with Crippen molar-refractivity contribution in [2.75, 3.05) is 25.2 Å². The summed E-state index contributed by atoms with van der Waals surface area (Å²) in [5, 5.41) is 5.59. The van der Waals surface area contributed by atoms with Crippen molar-refractivity contribution in [1.29, 1.82) is 0 Å². The Morgan fingerprint density at radius 1 is 1.12 bits per heavy atom. The summed E-state index contributed by atoms with van der Waals surface area (Å²) in [4.78, 5) is 39.6. The largest absolute Gasteiger partial charge is 0.454 e. The first-order chi connectivity index (χ1) is 16.5. The van der Waals surface area contributed by atoms with Crippen molar-refractivity contribution in [3.05, 3.63) is 59.7 Å². The third kappa shape index (κ3) is 5.93. The minimum atomic E-state index is -0.676. The Hall–Kier alpha value is -3.85. The molecule has 2 aromatic rings. The molecule has 2 aliphatic heterocycles. The van der Waals surface area contributed by atoms with E-state index in [4.69, 9.17) is 15.2 Å². The van der Waals surface area contributed by atoms with Crippen LogP contribution in [0.5, 0.6) is 11.5 Å². The Balaban J connectivity index is 1.33. The summed E-state index contributed by atoms with van der Waals surface area (Å²) in [5.74, 6) is 0.373. The van der Waals surface area contributed by atoms with Crippen molar-refractivity contribution < 1.29 is 23.9 Å². The van der Waals surface area contributed by atoms with Gasteiger partial charge in [0.05, 0.1) is 6.54 Å². The molecular formula is C25H28N4O5. The molecule has 4 N–H and O–H groups in total. The van der Waals surface area contributed by atoms with Gasteiger partial charge in [0.25, 0.3) is 0 Å². The van der Waals surface area contributed by atoms with Crippen LogP contribution in [0.15, 0.2) is 48.5 Å². The van der Waals surface area contributed by atoms with Gasteiger partial charge in [-0.15, -0.1) is 0 Å². The third-order valence-corrected chi connectivity index (χ3v) is 5.70. The van der Waals surface area contributed by atoms with E-state index < -0.39 is 6.04 Å². The lowest BCUT2D eigenvalue weighted by Crippen LogP contribution is -2.49. The lowest BCUT2D eigenvalue weighted by molar-refractivity contribution is -0.137. The number of hydrogen-bond acceptors (Lipinski definition) is 6. The molecule has 2 heterocycles. The molecule has 1 unspecified atom stereocenters. The van der Waals surface area contributed by atoms with Gasteiger partial charge in [-0.3, -0.25) is 14.4 Å². The maximum absolute atomic E-state index is 13.0. The summed E-state index contributed by atoms with van der Waals surface area (Å²) in [7, 11) is 0. The highest BCUT2D eigenvalue weighted by Crippen LogP contribution is 2.32. The molecule has 0 aliphatic carbocycles.